The number of aromatic nitrogens is 2. The van der Waals surface area contributed by atoms with Gasteiger partial charge in [-0.15, -0.1) is 0 Å². The Morgan fingerprint density at radius 1 is 1.17 bits per heavy atom. The fourth-order valence-corrected chi connectivity index (χ4v) is 5.44. The standard InChI is InChI=1S/C25H28F4N5PS/c1-33-15-13-20(19(26)16-33)31-23-8-4-7-22-24(36-25(27,28)29)21(32-34(22)23)6-5-14-30-17-9-11-18(12-10-17)35(2)3/h4,7-12,19-20,30-31H,13-16H2,1-3H3. The Hall–Kier alpha value is -2.47. The average molecular weight is 538 g/mol. The van der Waals surface area contributed by atoms with Crippen LogP contribution in [0.4, 0.5) is 29.1 Å². The molecule has 11 heteroatoms. The second kappa shape index (κ2) is 11.3. The molecule has 5 nitrogen and oxygen atoms in total. The quantitative estimate of drug-likeness (QED) is 0.195. The number of nitrogens with one attached hydrogen (secondary N) is 2. The third-order valence-corrected chi connectivity index (χ3v) is 8.05. The molecule has 36 heavy (non-hydrogen) atoms. The first kappa shape index (κ1) is 26.6. The van der Waals surface area contributed by atoms with E-state index in [1.807, 2.05) is 24.1 Å². The van der Waals surface area contributed by atoms with Crippen molar-refractivity contribution < 1.29 is 17.6 Å². The van der Waals surface area contributed by atoms with Crippen LogP contribution in [0.15, 0.2) is 47.4 Å². The van der Waals surface area contributed by atoms with Crippen LogP contribution in [0.3, 0.4) is 0 Å². The summed E-state index contributed by atoms with van der Waals surface area (Å²) in [6.07, 6.45) is -0.517. The predicted molar refractivity (Wildman–Crippen MR) is 142 cm³/mol. The fraction of sp³-hybridized carbons (Fsp3) is 0.400. The smallest absolute Gasteiger partial charge is 0.374 e. The molecular formula is C25H28F4N5PS. The number of alkyl halides is 4. The van der Waals surface area contributed by atoms with Crippen LogP contribution in [0.1, 0.15) is 12.1 Å². The molecule has 3 aromatic rings. The van der Waals surface area contributed by atoms with Crippen molar-refractivity contribution in [2.75, 3.05) is 50.6 Å². The zero-order valence-corrected chi connectivity index (χ0v) is 21.9. The van der Waals surface area contributed by atoms with E-state index < -0.39 is 17.7 Å². The van der Waals surface area contributed by atoms with E-state index in [-0.39, 0.29) is 42.3 Å². The first-order valence-electron chi connectivity index (χ1n) is 11.5. The minimum absolute atomic E-state index is 0.0338. The molecular weight excluding hydrogens is 509 g/mol. The van der Waals surface area contributed by atoms with Crippen LogP contribution in [0.2, 0.25) is 0 Å². The molecule has 1 aliphatic rings. The summed E-state index contributed by atoms with van der Waals surface area (Å²) in [5, 5.41) is 12.0. The molecule has 2 aromatic heterocycles. The normalized spacial score (nSPS) is 18.8. The second-order valence-corrected chi connectivity index (χ2v) is 12.2. The van der Waals surface area contributed by atoms with Gasteiger partial charge in [0.1, 0.15) is 17.7 Å². The maximum Gasteiger partial charge on any atom is 0.446 e. The summed E-state index contributed by atoms with van der Waals surface area (Å²) in [4.78, 5) is 1.85. The Kier molecular flexibility index (Phi) is 8.34. The van der Waals surface area contributed by atoms with Crippen LogP contribution < -0.4 is 15.9 Å². The highest BCUT2D eigenvalue weighted by Gasteiger charge is 2.33. The van der Waals surface area contributed by atoms with Crippen LogP contribution in [0.5, 0.6) is 0 Å². The number of fused-ring (bicyclic) bond motifs is 1. The molecule has 0 aliphatic carbocycles. The lowest BCUT2D eigenvalue weighted by Crippen LogP contribution is -2.46. The molecule has 0 bridgehead atoms. The zero-order chi connectivity index (χ0) is 25.9. The number of hydrogen-bond donors (Lipinski definition) is 2. The van der Waals surface area contributed by atoms with Gasteiger partial charge >= 0.3 is 5.51 Å². The monoisotopic (exact) mass is 537 g/mol. The number of rotatable bonds is 6. The second-order valence-electron chi connectivity index (χ2n) is 8.85. The van der Waals surface area contributed by atoms with Gasteiger partial charge in [0, 0.05) is 18.8 Å². The topological polar surface area (TPSA) is 44.6 Å². The summed E-state index contributed by atoms with van der Waals surface area (Å²) in [6, 6.07) is 12.5. The molecule has 2 N–H and O–H groups in total. The van der Waals surface area contributed by atoms with E-state index in [4.69, 9.17) is 0 Å². The van der Waals surface area contributed by atoms with E-state index in [9.17, 15) is 17.6 Å². The van der Waals surface area contributed by atoms with E-state index in [0.29, 0.717) is 18.8 Å². The van der Waals surface area contributed by atoms with Gasteiger partial charge in [-0.25, -0.2) is 8.91 Å². The number of thioether (sulfide) groups is 1. The number of benzene rings is 1. The summed E-state index contributed by atoms with van der Waals surface area (Å²) in [5.74, 6) is 6.12. The highest BCUT2D eigenvalue weighted by molar-refractivity contribution is 8.00. The molecule has 192 valence electrons. The van der Waals surface area contributed by atoms with E-state index in [1.54, 1.807) is 18.2 Å². The Bertz CT molecular complexity index is 1250. The van der Waals surface area contributed by atoms with Gasteiger partial charge in [0.05, 0.1) is 23.0 Å². The molecule has 1 aliphatic heterocycles. The third-order valence-electron chi connectivity index (χ3n) is 5.88. The molecule has 0 amide bonds. The number of pyridine rings is 1. The number of piperidine rings is 1. The molecule has 2 unspecified atom stereocenters. The van der Waals surface area contributed by atoms with E-state index in [0.717, 1.165) is 12.2 Å². The number of likely N-dealkylation sites (tertiary alicyclic amines) is 1. The van der Waals surface area contributed by atoms with Gasteiger partial charge in [-0.1, -0.05) is 32.0 Å². The van der Waals surface area contributed by atoms with Crippen molar-refractivity contribution >= 4 is 42.0 Å². The maximum absolute atomic E-state index is 14.6. The molecule has 0 saturated carbocycles. The number of nitrogens with zero attached hydrogens (tertiary/aromatic N) is 3. The SMILES string of the molecule is CN1CCC(Nc2cccc3c(SC(F)(F)F)c(C#CCNc4ccc(P(C)C)cc4)nn23)C(F)C1. The summed E-state index contributed by atoms with van der Waals surface area (Å²) in [5.41, 5.74) is -3.31. The predicted octanol–water partition coefficient (Wildman–Crippen LogP) is 5.23. The van der Waals surface area contributed by atoms with Crippen LogP contribution >= 0.6 is 19.7 Å². The minimum Gasteiger partial charge on any atom is -0.374 e. The van der Waals surface area contributed by atoms with Crippen molar-refractivity contribution in [3.63, 3.8) is 0 Å². The molecule has 0 spiro atoms. The molecule has 1 aromatic carbocycles. The summed E-state index contributed by atoms with van der Waals surface area (Å²) in [7, 11) is 1.68. The largest absolute Gasteiger partial charge is 0.446 e. The van der Waals surface area contributed by atoms with Crippen LogP contribution in [0.25, 0.3) is 5.52 Å². The van der Waals surface area contributed by atoms with Crippen molar-refractivity contribution in [1.29, 1.82) is 0 Å². The number of hydrogen-bond acceptors (Lipinski definition) is 5. The molecule has 2 atom stereocenters. The van der Waals surface area contributed by atoms with Crippen molar-refractivity contribution in [1.82, 2.24) is 14.5 Å². The van der Waals surface area contributed by atoms with Crippen molar-refractivity contribution in [2.24, 2.45) is 0 Å². The lowest BCUT2D eigenvalue weighted by molar-refractivity contribution is -0.0327. The van der Waals surface area contributed by atoms with Gasteiger partial charge < -0.3 is 15.5 Å². The third kappa shape index (κ3) is 6.64. The Labute approximate surface area is 213 Å². The Morgan fingerprint density at radius 3 is 2.58 bits per heavy atom. The average Bonchev–Trinajstić information content (AvgIpc) is 3.15. The van der Waals surface area contributed by atoms with Crippen LogP contribution in [0, 0.1) is 11.8 Å². The van der Waals surface area contributed by atoms with E-state index in [2.05, 4.69) is 53.0 Å². The molecule has 1 fully saturated rings. The molecule has 0 radical (unpaired) electrons. The van der Waals surface area contributed by atoms with E-state index in [1.165, 1.54) is 9.82 Å². The summed E-state index contributed by atoms with van der Waals surface area (Å²) < 4.78 is 56.1. The first-order chi connectivity index (χ1) is 17.1. The Morgan fingerprint density at radius 2 is 1.92 bits per heavy atom. The van der Waals surface area contributed by atoms with Gasteiger partial charge in [-0.3, -0.25) is 0 Å². The van der Waals surface area contributed by atoms with Gasteiger partial charge in [0.15, 0.2) is 0 Å². The molecule has 1 saturated heterocycles. The highest BCUT2D eigenvalue weighted by atomic mass is 32.2. The molecule has 4 rings (SSSR count). The number of halogens is 4. The lowest BCUT2D eigenvalue weighted by Gasteiger charge is -2.33. The van der Waals surface area contributed by atoms with Gasteiger partial charge in [0.25, 0.3) is 0 Å². The van der Waals surface area contributed by atoms with Gasteiger partial charge in [-0.05, 0) is 74.1 Å². The number of anilines is 2. The minimum atomic E-state index is -4.50. The van der Waals surface area contributed by atoms with Gasteiger partial charge in [0.2, 0.25) is 0 Å². The zero-order valence-electron chi connectivity index (χ0n) is 20.2. The lowest BCUT2D eigenvalue weighted by atomic mass is 10.0. The summed E-state index contributed by atoms with van der Waals surface area (Å²) >= 11 is -0.235. The first-order valence-corrected chi connectivity index (χ1v) is 14.5. The Balaban J connectivity index is 1.57. The fourth-order valence-electron chi connectivity index (χ4n) is 4.02. The van der Waals surface area contributed by atoms with Crippen molar-refractivity contribution in [3.8, 4) is 11.8 Å². The van der Waals surface area contributed by atoms with Crippen LogP contribution in [-0.2, 0) is 0 Å². The maximum atomic E-state index is 14.6. The molecule has 3 heterocycles. The van der Waals surface area contributed by atoms with Crippen molar-refractivity contribution in [2.45, 2.75) is 29.0 Å². The van der Waals surface area contributed by atoms with Crippen molar-refractivity contribution in [3.05, 3.63) is 48.2 Å². The van der Waals surface area contributed by atoms with E-state index >= 15 is 0 Å². The van der Waals surface area contributed by atoms with Gasteiger partial charge in [-0.2, -0.15) is 18.3 Å². The van der Waals surface area contributed by atoms with Crippen LogP contribution in [-0.4, -0.2) is 72.2 Å². The highest BCUT2D eigenvalue weighted by Crippen LogP contribution is 2.41. The summed E-state index contributed by atoms with van der Waals surface area (Å²) in [6.45, 7) is 5.64.